The quantitative estimate of drug-likeness (QED) is 0.727. The first kappa shape index (κ1) is 18.1. The normalized spacial score (nSPS) is 13.3. The highest BCUT2D eigenvalue weighted by atomic mass is 32.2. The summed E-state index contributed by atoms with van der Waals surface area (Å²) in [5, 5.41) is 3.07. The van der Waals surface area contributed by atoms with Crippen LogP contribution in [0.3, 0.4) is 0 Å². The van der Waals surface area contributed by atoms with Crippen LogP contribution in [0.15, 0.2) is 23.1 Å². The van der Waals surface area contributed by atoms with Gasteiger partial charge < -0.3 is 10.1 Å². The van der Waals surface area contributed by atoms with Crippen LogP contribution in [0.4, 0.5) is 0 Å². The molecule has 0 saturated carbocycles. The highest BCUT2D eigenvalue weighted by Crippen LogP contribution is 2.17. The van der Waals surface area contributed by atoms with Gasteiger partial charge >= 0.3 is 0 Å². The monoisotopic (exact) mass is 314 g/mol. The predicted octanol–water partition coefficient (Wildman–Crippen LogP) is 1.67. The summed E-state index contributed by atoms with van der Waals surface area (Å²) < 4.78 is 32.4. The average molecular weight is 314 g/mol. The predicted molar refractivity (Wildman–Crippen MR) is 84.9 cm³/mol. The van der Waals surface area contributed by atoms with Crippen molar-refractivity contribution in [2.24, 2.45) is 0 Å². The Morgan fingerprint density at radius 2 is 2.00 bits per heavy atom. The fourth-order valence-electron chi connectivity index (χ4n) is 2.16. The molecule has 1 atom stereocenters. The highest BCUT2D eigenvalue weighted by molar-refractivity contribution is 7.89. The summed E-state index contributed by atoms with van der Waals surface area (Å²) in [6.07, 6.45) is 1.53. The Hall–Kier alpha value is -0.950. The lowest BCUT2D eigenvalue weighted by Crippen LogP contribution is -2.33. The van der Waals surface area contributed by atoms with Gasteiger partial charge in [-0.1, -0.05) is 13.0 Å². The topological polar surface area (TPSA) is 67.4 Å². The molecule has 0 spiro atoms. The lowest BCUT2D eigenvalue weighted by atomic mass is 10.1. The standard InChI is InChI=1S/C15H26N2O3S/c1-5-13-6-7-15(10-14(13)11-16-3)21(18,19)17-12(2)8-9-20-4/h6-7,10,12,16-17H,5,8-9,11H2,1-4H3. The van der Waals surface area contributed by atoms with Crippen LogP contribution in [0, 0.1) is 0 Å². The van der Waals surface area contributed by atoms with E-state index in [-0.39, 0.29) is 6.04 Å². The van der Waals surface area contributed by atoms with Crippen molar-refractivity contribution in [3.05, 3.63) is 29.3 Å². The molecule has 0 saturated heterocycles. The van der Waals surface area contributed by atoms with E-state index >= 15 is 0 Å². The van der Waals surface area contributed by atoms with Gasteiger partial charge in [0.25, 0.3) is 0 Å². The smallest absolute Gasteiger partial charge is 0.240 e. The SMILES string of the molecule is CCc1ccc(S(=O)(=O)NC(C)CCOC)cc1CNC. The van der Waals surface area contributed by atoms with Gasteiger partial charge in [0.15, 0.2) is 0 Å². The molecule has 0 aliphatic rings. The second-order valence-electron chi connectivity index (χ2n) is 5.12. The second-order valence-corrected chi connectivity index (χ2v) is 6.83. The molecule has 1 aromatic carbocycles. The number of ether oxygens (including phenoxy) is 1. The van der Waals surface area contributed by atoms with Gasteiger partial charge in [0.1, 0.15) is 0 Å². The third-order valence-electron chi connectivity index (χ3n) is 3.35. The van der Waals surface area contributed by atoms with Crippen LogP contribution in [0.25, 0.3) is 0 Å². The van der Waals surface area contributed by atoms with Gasteiger partial charge in [-0.2, -0.15) is 0 Å². The Balaban J connectivity index is 2.94. The molecule has 0 amide bonds. The van der Waals surface area contributed by atoms with Gasteiger partial charge in [-0.25, -0.2) is 13.1 Å². The first-order valence-corrected chi connectivity index (χ1v) is 8.70. The summed E-state index contributed by atoms with van der Waals surface area (Å²) in [7, 11) is -0.0303. The van der Waals surface area contributed by atoms with Gasteiger partial charge in [-0.05, 0) is 50.1 Å². The van der Waals surface area contributed by atoms with Crippen molar-refractivity contribution in [1.29, 1.82) is 0 Å². The average Bonchev–Trinajstić information content (AvgIpc) is 2.45. The van der Waals surface area contributed by atoms with Gasteiger partial charge in [-0.15, -0.1) is 0 Å². The third-order valence-corrected chi connectivity index (χ3v) is 4.93. The number of sulfonamides is 1. The molecule has 0 aromatic heterocycles. The van der Waals surface area contributed by atoms with Crippen LogP contribution < -0.4 is 10.0 Å². The molecule has 6 heteroatoms. The summed E-state index contributed by atoms with van der Waals surface area (Å²) >= 11 is 0. The maximum absolute atomic E-state index is 12.4. The zero-order valence-corrected chi connectivity index (χ0v) is 14.1. The number of benzene rings is 1. The Bertz CT molecular complexity index is 544. The van der Waals surface area contributed by atoms with Crippen molar-refractivity contribution >= 4 is 10.0 Å². The number of rotatable bonds is 9. The zero-order chi connectivity index (χ0) is 15.9. The van der Waals surface area contributed by atoms with E-state index in [1.807, 2.05) is 20.0 Å². The zero-order valence-electron chi connectivity index (χ0n) is 13.3. The lowest BCUT2D eigenvalue weighted by molar-refractivity contribution is 0.188. The highest BCUT2D eigenvalue weighted by Gasteiger charge is 2.18. The fourth-order valence-corrected chi connectivity index (χ4v) is 3.48. The number of aryl methyl sites for hydroxylation is 1. The van der Waals surface area contributed by atoms with Crippen molar-refractivity contribution < 1.29 is 13.2 Å². The van der Waals surface area contributed by atoms with E-state index in [0.717, 1.165) is 17.5 Å². The summed E-state index contributed by atoms with van der Waals surface area (Å²) in [6.45, 7) is 5.09. The molecule has 0 fully saturated rings. The summed E-state index contributed by atoms with van der Waals surface area (Å²) in [5.74, 6) is 0. The molecule has 21 heavy (non-hydrogen) atoms. The van der Waals surface area contributed by atoms with Crippen molar-refractivity contribution in [3.63, 3.8) is 0 Å². The first-order valence-electron chi connectivity index (χ1n) is 7.22. The maximum atomic E-state index is 12.4. The number of hydrogen-bond acceptors (Lipinski definition) is 4. The van der Waals surface area contributed by atoms with E-state index < -0.39 is 10.0 Å². The number of methoxy groups -OCH3 is 1. The Morgan fingerprint density at radius 1 is 1.29 bits per heavy atom. The maximum Gasteiger partial charge on any atom is 0.240 e. The molecule has 0 aliphatic carbocycles. The summed E-state index contributed by atoms with van der Waals surface area (Å²) in [4.78, 5) is 0.314. The molecular formula is C15H26N2O3S. The third kappa shape index (κ3) is 5.39. The van der Waals surface area contributed by atoms with E-state index in [1.54, 1.807) is 19.2 Å². The molecular weight excluding hydrogens is 288 g/mol. The Kier molecular flexibility index (Phi) is 7.31. The molecule has 120 valence electrons. The summed E-state index contributed by atoms with van der Waals surface area (Å²) in [6, 6.07) is 5.15. The molecule has 1 unspecified atom stereocenters. The molecule has 0 heterocycles. The van der Waals surface area contributed by atoms with E-state index in [1.165, 1.54) is 0 Å². The Labute approximate surface area is 128 Å². The molecule has 0 aliphatic heterocycles. The molecule has 2 N–H and O–H groups in total. The van der Waals surface area contributed by atoms with E-state index in [2.05, 4.69) is 17.0 Å². The number of nitrogens with one attached hydrogen (secondary N) is 2. The van der Waals surface area contributed by atoms with Gasteiger partial charge in [0, 0.05) is 26.3 Å². The van der Waals surface area contributed by atoms with E-state index in [0.29, 0.717) is 24.5 Å². The first-order chi connectivity index (χ1) is 9.94. The summed E-state index contributed by atoms with van der Waals surface area (Å²) in [5.41, 5.74) is 2.18. The van der Waals surface area contributed by atoms with Gasteiger partial charge in [-0.3, -0.25) is 0 Å². The fraction of sp³-hybridized carbons (Fsp3) is 0.600. The molecule has 0 bridgehead atoms. The molecule has 0 radical (unpaired) electrons. The number of hydrogen-bond donors (Lipinski definition) is 2. The van der Waals surface area contributed by atoms with Crippen LogP contribution in [-0.4, -0.2) is 35.2 Å². The van der Waals surface area contributed by atoms with Crippen LogP contribution in [0.1, 0.15) is 31.4 Å². The van der Waals surface area contributed by atoms with Crippen molar-refractivity contribution in [2.45, 2.75) is 44.2 Å². The van der Waals surface area contributed by atoms with Crippen LogP contribution in [0.5, 0.6) is 0 Å². The van der Waals surface area contributed by atoms with Crippen LogP contribution in [0.2, 0.25) is 0 Å². The van der Waals surface area contributed by atoms with Crippen molar-refractivity contribution in [1.82, 2.24) is 10.0 Å². The van der Waals surface area contributed by atoms with Gasteiger partial charge in [0.05, 0.1) is 4.90 Å². The minimum Gasteiger partial charge on any atom is -0.385 e. The minimum atomic E-state index is -3.49. The molecule has 1 aromatic rings. The van der Waals surface area contributed by atoms with E-state index in [9.17, 15) is 8.42 Å². The van der Waals surface area contributed by atoms with Crippen LogP contribution >= 0.6 is 0 Å². The second kappa shape index (κ2) is 8.48. The molecule has 5 nitrogen and oxygen atoms in total. The van der Waals surface area contributed by atoms with E-state index in [4.69, 9.17) is 4.74 Å². The lowest BCUT2D eigenvalue weighted by Gasteiger charge is -2.15. The Morgan fingerprint density at radius 3 is 2.57 bits per heavy atom. The largest absolute Gasteiger partial charge is 0.385 e. The van der Waals surface area contributed by atoms with Crippen molar-refractivity contribution in [2.75, 3.05) is 20.8 Å². The van der Waals surface area contributed by atoms with Gasteiger partial charge in [0.2, 0.25) is 10.0 Å². The molecule has 1 rings (SSSR count). The van der Waals surface area contributed by atoms with Crippen molar-refractivity contribution in [3.8, 4) is 0 Å². The minimum absolute atomic E-state index is 0.159. The van der Waals surface area contributed by atoms with Crippen LogP contribution in [-0.2, 0) is 27.7 Å².